The van der Waals surface area contributed by atoms with Crippen LogP contribution in [0.1, 0.15) is 12.8 Å². The fraction of sp³-hybridized carbons (Fsp3) is 0.429. The first-order chi connectivity index (χ1) is 9.81. The molecule has 106 valence electrons. The lowest BCUT2D eigenvalue weighted by molar-refractivity contribution is -0.119. The van der Waals surface area contributed by atoms with Crippen LogP contribution in [0.25, 0.3) is 10.2 Å². The smallest absolute Gasteiger partial charge is 0.230 e. The van der Waals surface area contributed by atoms with E-state index >= 15 is 0 Å². The lowest BCUT2D eigenvalue weighted by Gasteiger charge is -2.09. The minimum absolute atomic E-state index is 0.0461. The van der Waals surface area contributed by atoms with Crippen LogP contribution in [0, 0.1) is 0 Å². The Kier molecular flexibility index (Phi) is 4.54. The fourth-order valence-corrected chi connectivity index (χ4v) is 4.02. The molecule has 20 heavy (non-hydrogen) atoms. The molecule has 0 aliphatic carbocycles. The zero-order chi connectivity index (χ0) is 13.8. The number of para-hydroxylation sites is 1. The molecule has 1 aliphatic heterocycles. The van der Waals surface area contributed by atoms with Gasteiger partial charge in [-0.3, -0.25) is 4.79 Å². The Bertz CT molecular complexity index is 561. The second-order valence-electron chi connectivity index (χ2n) is 4.68. The van der Waals surface area contributed by atoms with Gasteiger partial charge in [0.05, 0.1) is 22.1 Å². The van der Waals surface area contributed by atoms with Crippen LogP contribution < -0.4 is 5.32 Å². The first-order valence-corrected chi connectivity index (χ1v) is 8.48. The third-order valence-corrected chi connectivity index (χ3v) is 5.33. The number of carbonyl (C=O) groups excluding carboxylic acids is 1. The number of nitrogens with zero attached hydrogens (tertiary/aromatic N) is 1. The molecule has 1 N–H and O–H groups in total. The molecule has 2 heterocycles. The molecule has 3 rings (SSSR count). The molecule has 1 aromatic carbocycles. The molecule has 0 radical (unpaired) electrons. The Morgan fingerprint density at radius 2 is 2.40 bits per heavy atom. The maximum absolute atomic E-state index is 11.8. The van der Waals surface area contributed by atoms with Crippen molar-refractivity contribution < 1.29 is 9.53 Å². The fourth-order valence-electron chi connectivity index (χ4n) is 2.12. The monoisotopic (exact) mass is 308 g/mol. The summed E-state index contributed by atoms with van der Waals surface area (Å²) in [4.78, 5) is 16.3. The van der Waals surface area contributed by atoms with Gasteiger partial charge in [0.2, 0.25) is 5.91 Å². The van der Waals surface area contributed by atoms with Gasteiger partial charge in [-0.15, -0.1) is 11.3 Å². The van der Waals surface area contributed by atoms with Crippen molar-refractivity contribution in [1.29, 1.82) is 0 Å². The van der Waals surface area contributed by atoms with Gasteiger partial charge in [0.1, 0.15) is 0 Å². The van der Waals surface area contributed by atoms with Crippen LogP contribution in [0.2, 0.25) is 0 Å². The summed E-state index contributed by atoms with van der Waals surface area (Å²) in [6, 6.07) is 8.02. The first kappa shape index (κ1) is 13.9. The number of hydrogen-bond donors (Lipinski definition) is 1. The quantitative estimate of drug-likeness (QED) is 0.863. The molecule has 1 amide bonds. The lowest BCUT2D eigenvalue weighted by Crippen LogP contribution is -2.32. The molecule has 1 aliphatic rings. The molecule has 1 fully saturated rings. The number of aromatic nitrogens is 1. The molecule has 1 aromatic heterocycles. The van der Waals surface area contributed by atoms with E-state index in [1.807, 2.05) is 18.2 Å². The van der Waals surface area contributed by atoms with Crippen LogP contribution in [0.5, 0.6) is 0 Å². The summed E-state index contributed by atoms with van der Waals surface area (Å²) in [6.07, 6.45) is 2.35. The molecule has 0 saturated carbocycles. The predicted octanol–water partition coefficient (Wildman–Crippen LogP) is 2.68. The average Bonchev–Trinajstić information content (AvgIpc) is 3.11. The second-order valence-corrected chi connectivity index (χ2v) is 6.93. The van der Waals surface area contributed by atoms with E-state index in [0.29, 0.717) is 12.3 Å². The summed E-state index contributed by atoms with van der Waals surface area (Å²) in [5, 5.41) is 2.92. The Hall–Kier alpha value is -1.11. The van der Waals surface area contributed by atoms with Gasteiger partial charge in [0.25, 0.3) is 0 Å². The summed E-state index contributed by atoms with van der Waals surface area (Å²) in [6.45, 7) is 1.44. The molecule has 1 atom stereocenters. The van der Waals surface area contributed by atoms with E-state index in [0.717, 1.165) is 34.0 Å². The number of ether oxygens (including phenoxy) is 1. The van der Waals surface area contributed by atoms with E-state index in [1.165, 1.54) is 11.8 Å². The van der Waals surface area contributed by atoms with Gasteiger partial charge in [-0.2, -0.15) is 0 Å². The number of rotatable bonds is 5. The van der Waals surface area contributed by atoms with Crippen molar-refractivity contribution in [3.05, 3.63) is 24.3 Å². The predicted molar refractivity (Wildman–Crippen MR) is 82.3 cm³/mol. The molecule has 1 saturated heterocycles. The van der Waals surface area contributed by atoms with E-state index < -0.39 is 0 Å². The standard InChI is InChI=1S/C14H16N2O2S2/c17-13(15-8-10-4-3-7-18-10)9-19-14-16-11-5-1-2-6-12(11)20-14/h1-2,5-6,10H,3-4,7-9H2,(H,15,17)/t10-/m1/s1. The summed E-state index contributed by atoms with van der Waals surface area (Å²) in [5.41, 5.74) is 1.000. The highest BCUT2D eigenvalue weighted by atomic mass is 32.2. The van der Waals surface area contributed by atoms with Crippen LogP contribution in [0.3, 0.4) is 0 Å². The number of benzene rings is 1. The zero-order valence-electron chi connectivity index (χ0n) is 11.0. The molecule has 4 nitrogen and oxygen atoms in total. The van der Waals surface area contributed by atoms with Crippen LogP contribution >= 0.6 is 23.1 Å². The van der Waals surface area contributed by atoms with E-state index in [9.17, 15) is 4.79 Å². The highest BCUT2D eigenvalue weighted by Crippen LogP contribution is 2.28. The van der Waals surface area contributed by atoms with E-state index in [4.69, 9.17) is 4.74 Å². The Labute approximate surface area is 125 Å². The minimum atomic E-state index is 0.0461. The highest BCUT2D eigenvalue weighted by molar-refractivity contribution is 8.01. The normalized spacial score (nSPS) is 18.5. The van der Waals surface area contributed by atoms with Gasteiger partial charge in [-0.25, -0.2) is 4.98 Å². The number of fused-ring (bicyclic) bond motifs is 1. The molecule has 0 bridgehead atoms. The summed E-state index contributed by atoms with van der Waals surface area (Å²) >= 11 is 3.12. The summed E-state index contributed by atoms with van der Waals surface area (Å²) in [5.74, 6) is 0.455. The van der Waals surface area contributed by atoms with Gasteiger partial charge in [-0.05, 0) is 25.0 Å². The topological polar surface area (TPSA) is 51.2 Å². The number of thioether (sulfide) groups is 1. The van der Waals surface area contributed by atoms with Crippen molar-refractivity contribution >= 4 is 39.2 Å². The molecule has 0 spiro atoms. The van der Waals surface area contributed by atoms with Crippen LogP contribution in [0.4, 0.5) is 0 Å². The van der Waals surface area contributed by atoms with Crippen LogP contribution in [-0.2, 0) is 9.53 Å². The maximum atomic E-state index is 11.8. The Morgan fingerprint density at radius 1 is 1.50 bits per heavy atom. The number of nitrogens with one attached hydrogen (secondary N) is 1. The van der Waals surface area contributed by atoms with Crippen LogP contribution in [-0.4, -0.2) is 35.9 Å². The van der Waals surface area contributed by atoms with E-state index in [-0.39, 0.29) is 12.0 Å². The van der Waals surface area contributed by atoms with Gasteiger partial charge in [0.15, 0.2) is 4.34 Å². The van der Waals surface area contributed by atoms with Gasteiger partial charge < -0.3 is 10.1 Å². The number of hydrogen-bond acceptors (Lipinski definition) is 5. The molecule has 0 unspecified atom stereocenters. The zero-order valence-corrected chi connectivity index (χ0v) is 12.6. The number of carbonyl (C=O) groups is 1. The third-order valence-electron chi connectivity index (χ3n) is 3.15. The number of thiazole rings is 1. The van der Waals surface area contributed by atoms with Gasteiger partial charge in [-0.1, -0.05) is 23.9 Å². The van der Waals surface area contributed by atoms with Gasteiger partial charge >= 0.3 is 0 Å². The molecule has 2 aromatic rings. The highest BCUT2D eigenvalue weighted by Gasteiger charge is 2.16. The largest absolute Gasteiger partial charge is 0.376 e. The lowest BCUT2D eigenvalue weighted by atomic mass is 10.2. The van der Waals surface area contributed by atoms with Crippen molar-refractivity contribution in [3.63, 3.8) is 0 Å². The van der Waals surface area contributed by atoms with Crippen molar-refractivity contribution in [2.75, 3.05) is 18.9 Å². The molecular weight excluding hydrogens is 292 g/mol. The number of amides is 1. The average molecular weight is 308 g/mol. The maximum Gasteiger partial charge on any atom is 0.230 e. The Balaban J connectivity index is 1.47. The van der Waals surface area contributed by atoms with Crippen molar-refractivity contribution in [1.82, 2.24) is 10.3 Å². The molecular formula is C14H16N2O2S2. The van der Waals surface area contributed by atoms with Crippen molar-refractivity contribution in [3.8, 4) is 0 Å². The summed E-state index contributed by atoms with van der Waals surface area (Å²) in [7, 11) is 0. The van der Waals surface area contributed by atoms with Crippen LogP contribution in [0.15, 0.2) is 28.6 Å². The van der Waals surface area contributed by atoms with Crippen molar-refractivity contribution in [2.24, 2.45) is 0 Å². The minimum Gasteiger partial charge on any atom is -0.376 e. The Morgan fingerprint density at radius 3 is 3.20 bits per heavy atom. The van der Waals surface area contributed by atoms with Gasteiger partial charge in [0, 0.05) is 13.2 Å². The van der Waals surface area contributed by atoms with Crippen molar-refractivity contribution in [2.45, 2.75) is 23.3 Å². The SMILES string of the molecule is O=C(CSc1nc2ccccc2s1)NC[C@H]1CCCO1. The first-order valence-electron chi connectivity index (χ1n) is 6.68. The second kappa shape index (κ2) is 6.56. The molecule has 6 heteroatoms. The van der Waals surface area contributed by atoms with E-state index in [1.54, 1.807) is 11.3 Å². The third kappa shape index (κ3) is 3.50. The van der Waals surface area contributed by atoms with E-state index in [2.05, 4.69) is 16.4 Å². The summed E-state index contributed by atoms with van der Waals surface area (Å²) < 4.78 is 7.58.